The lowest BCUT2D eigenvalue weighted by molar-refractivity contribution is 0.0772. The van der Waals surface area contributed by atoms with Crippen molar-refractivity contribution >= 4 is 17.2 Å². The summed E-state index contributed by atoms with van der Waals surface area (Å²) in [4.78, 5) is 21.1. The number of hydrogen-bond donors (Lipinski definition) is 1. The molecule has 0 bridgehead atoms. The summed E-state index contributed by atoms with van der Waals surface area (Å²) in [5.74, 6) is -0.285. The molecule has 1 N–H and O–H groups in total. The number of carbonyl (C=O) groups excluding carboxylic acids is 1. The van der Waals surface area contributed by atoms with Crippen LogP contribution >= 0.6 is 0 Å². The summed E-state index contributed by atoms with van der Waals surface area (Å²) >= 11 is 0. The minimum atomic E-state index is -0.813. The third kappa shape index (κ3) is 3.91. The molecule has 1 aliphatic rings. The highest BCUT2D eigenvalue weighted by atomic mass is 16.7. The molecule has 3 aromatic rings. The zero-order valence-corrected chi connectivity index (χ0v) is 18.0. The molecule has 3 heterocycles. The first-order chi connectivity index (χ1) is 15.5. The van der Waals surface area contributed by atoms with Gasteiger partial charge in [-0.2, -0.15) is 5.26 Å². The van der Waals surface area contributed by atoms with Gasteiger partial charge >= 0.3 is 6.16 Å². The zero-order valence-electron chi connectivity index (χ0n) is 18.0. The van der Waals surface area contributed by atoms with Crippen LogP contribution in [0, 0.1) is 11.3 Å². The lowest BCUT2D eigenvalue weighted by atomic mass is 9.84. The first kappa shape index (κ1) is 21.1. The number of carbonyl (C=O) groups is 1. The number of nitriles is 1. The van der Waals surface area contributed by atoms with E-state index >= 15 is 0 Å². The molecule has 0 fully saturated rings. The fourth-order valence-electron chi connectivity index (χ4n) is 3.88. The van der Waals surface area contributed by atoms with E-state index in [2.05, 4.69) is 21.4 Å². The van der Waals surface area contributed by atoms with Crippen LogP contribution in [0.4, 0.5) is 4.79 Å². The highest BCUT2D eigenvalue weighted by Crippen LogP contribution is 2.41. The Bertz CT molecular complexity index is 1290. The number of fused-ring (bicyclic) bond motifs is 1. The van der Waals surface area contributed by atoms with Crippen molar-refractivity contribution in [2.24, 2.45) is 0 Å². The second-order valence-corrected chi connectivity index (χ2v) is 7.34. The van der Waals surface area contributed by atoms with Crippen LogP contribution in [0.5, 0.6) is 0 Å². The van der Waals surface area contributed by atoms with Gasteiger partial charge in [-0.15, -0.1) is 0 Å². The van der Waals surface area contributed by atoms with Crippen LogP contribution in [0.2, 0.25) is 0 Å². The Kier molecular flexibility index (Phi) is 5.86. The third-order valence-electron chi connectivity index (χ3n) is 5.32. The molecular weight excluding hydrogens is 404 g/mol. The predicted octanol–water partition coefficient (Wildman–Crippen LogP) is 5.19. The number of hydrogen-bond acceptors (Lipinski definition) is 7. The van der Waals surface area contributed by atoms with Gasteiger partial charge in [0.05, 0.1) is 29.9 Å². The Labute approximate surface area is 186 Å². The van der Waals surface area contributed by atoms with Crippen LogP contribution in [0.3, 0.4) is 0 Å². The summed E-state index contributed by atoms with van der Waals surface area (Å²) in [7, 11) is 0. The molecule has 160 valence electrons. The number of allylic oxidation sites excluding steroid dienone is 3. The molecule has 0 radical (unpaired) electrons. The lowest BCUT2D eigenvalue weighted by Gasteiger charge is -2.29. The molecule has 2 aromatic heterocycles. The van der Waals surface area contributed by atoms with Gasteiger partial charge in [0.15, 0.2) is 5.65 Å². The summed E-state index contributed by atoms with van der Waals surface area (Å²) in [6.07, 6.45) is 2.61. The van der Waals surface area contributed by atoms with Crippen molar-refractivity contribution in [2.45, 2.75) is 26.7 Å². The summed E-state index contributed by atoms with van der Waals surface area (Å²) in [6.45, 7) is 5.52. The first-order valence-electron chi connectivity index (χ1n) is 10.3. The number of rotatable bonds is 4. The van der Waals surface area contributed by atoms with E-state index in [4.69, 9.17) is 9.47 Å². The smallest absolute Gasteiger partial charge is 0.434 e. The minimum Gasteiger partial charge on any atom is -0.434 e. The summed E-state index contributed by atoms with van der Waals surface area (Å²) in [5.41, 5.74) is 5.05. The third-order valence-corrected chi connectivity index (χ3v) is 5.32. The average molecular weight is 426 g/mol. The quantitative estimate of drug-likeness (QED) is 0.574. The zero-order chi connectivity index (χ0) is 22.7. The fourth-order valence-corrected chi connectivity index (χ4v) is 3.88. The van der Waals surface area contributed by atoms with Gasteiger partial charge in [-0.3, -0.25) is 0 Å². The highest BCUT2D eigenvalue weighted by molar-refractivity contribution is 5.85. The Morgan fingerprint density at radius 3 is 2.62 bits per heavy atom. The number of aromatic nitrogens is 2. The number of benzene rings is 1. The van der Waals surface area contributed by atoms with Gasteiger partial charge in [-0.05, 0) is 44.0 Å². The standard InChI is InChI=1S/C25H22N4O3/c1-4-31-25(30)32-23-16(3)29-15(2)21(13-26)22(23)19-10-11-27-24-20(19)12-18(14-28-24)17-8-6-5-7-9-17/h5-12,14,22,29H,4H2,1-3H3. The molecule has 0 saturated heterocycles. The Morgan fingerprint density at radius 1 is 1.12 bits per heavy atom. The molecule has 0 aliphatic carbocycles. The van der Waals surface area contributed by atoms with Crippen molar-refractivity contribution in [2.75, 3.05) is 6.61 Å². The van der Waals surface area contributed by atoms with Gasteiger partial charge in [0.1, 0.15) is 5.76 Å². The maximum Gasteiger partial charge on any atom is 0.513 e. The second-order valence-electron chi connectivity index (χ2n) is 7.34. The number of nitrogens with one attached hydrogen (secondary N) is 1. The summed E-state index contributed by atoms with van der Waals surface area (Å²) in [5, 5.41) is 13.9. The maximum absolute atomic E-state index is 12.2. The first-order valence-corrected chi connectivity index (χ1v) is 10.3. The number of pyridine rings is 2. The normalized spacial score (nSPS) is 15.9. The van der Waals surface area contributed by atoms with Crippen molar-refractivity contribution in [3.05, 3.63) is 83.1 Å². The second kappa shape index (κ2) is 8.90. The van der Waals surface area contributed by atoms with Gasteiger partial charge < -0.3 is 14.8 Å². The van der Waals surface area contributed by atoms with E-state index in [1.807, 2.05) is 49.4 Å². The molecule has 1 atom stereocenters. The largest absolute Gasteiger partial charge is 0.513 e. The number of dihydropyridines is 1. The van der Waals surface area contributed by atoms with E-state index in [1.165, 1.54) is 0 Å². The SMILES string of the molecule is CCOC(=O)OC1=C(C)NC(C)=C(C#N)C1c1ccnc2ncc(-c3ccccc3)cc12. The Balaban J connectivity index is 1.91. The van der Waals surface area contributed by atoms with Crippen LogP contribution in [0.15, 0.2) is 77.6 Å². The van der Waals surface area contributed by atoms with E-state index in [0.29, 0.717) is 28.4 Å². The number of nitrogens with zero attached hydrogens (tertiary/aromatic N) is 3. The van der Waals surface area contributed by atoms with Crippen LogP contribution in [0.25, 0.3) is 22.2 Å². The molecular formula is C25H22N4O3. The van der Waals surface area contributed by atoms with Crippen LogP contribution < -0.4 is 5.32 Å². The van der Waals surface area contributed by atoms with Crippen molar-refractivity contribution in [1.82, 2.24) is 15.3 Å². The van der Waals surface area contributed by atoms with Crippen molar-refractivity contribution in [1.29, 1.82) is 5.26 Å². The molecule has 7 nitrogen and oxygen atoms in total. The molecule has 0 amide bonds. The van der Waals surface area contributed by atoms with Gasteiger partial charge in [-0.1, -0.05) is 30.3 Å². The van der Waals surface area contributed by atoms with Gasteiger partial charge in [-0.25, -0.2) is 14.8 Å². The van der Waals surface area contributed by atoms with E-state index in [0.717, 1.165) is 22.1 Å². The van der Waals surface area contributed by atoms with Crippen LogP contribution in [-0.2, 0) is 9.47 Å². The van der Waals surface area contributed by atoms with Crippen molar-refractivity contribution in [3.63, 3.8) is 0 Å². The molecule has 0 saturated carbocycles. The van der Waals surface area contributed by atoms with Gasteiger partial charge in [0.25, 0.3) is 0 Å². The van der Waals surface area contributed by atoms with E-state index in [1.54, 1.807) is 26.2 Å². The Morgan fingerprint density at radius 2 is 1.91 bits per heavy atom. The van der Waals surface area contributed by atoms with E-state index in [-0.39, 0.29) is 6.61 Å². The molecule has 7 heteroatoms. The van der Waals surface area contributed by atoms with Crippen LogP contribution in [-0.4, -0.2) is 22.7 Å². The van der Waals surface area contributed by atoms with E-state index < -0.39 is 12.1 Å². The highest BCUT2D eigenvalue weighted by Gasteiger charge is 2.34. The van der Waals surface area contributed by atoms with Gasteiger partial charge in [0, 0.05) is 29.0 Å². The average Bonchev–Trinajstić information content (AvgIpc) is 2.80. The van der Waals surface area contributed by atoms with Crippen molar-refractivity contribution < 1.29 is 14.3 Å². The summed E-state index contributed by atoms with van der Waals surface area (Å²) < 4.78 is 10.6. The number of ether oxygens (including phenoxy) is 2. The van der Waals surface area contributed by atoms with Gasteiger partial charge in [0.2, 0.25) is 0 Å². The Hall–Kier alpha value is -4.18. The fraction of sp³-hybridized carbons (Fsp3) is 0.200. The lowest BCUT2D eigenvalue weighted by Crippen LogP contribution is -2.27. The topological polar surface area (TPSA) is 97.1 Å². The molecule has 4 rings (SSSR count). The molecule has 0 spiro atoms. The summed E-state index contributed by atoms with van der Waals surface area (Å²) in [6, 6.07) is 16.0. The van der Waals surface area contributed by atoms with Crippen LogP contribution in [0.1, 0.15) is 32.3 Å². The van der Waals surface area contributed by atoms with E-state index in [9.17, 15) is 10.1 Å². The molecule has 1 aliphatic heterocycles. The molecule has 32 heavy (non-hydrogen) atoms. The molecule has 1 unspecified atom stereocenters. The monoisotopic (exact) mass is 426 g/mol. The minimum absolute atomic E-state index is 0.186. The predicted molar refractivity (Wildman–Crippen MR) is 120 cm³/mol. The van der Waals surface area contributed by atoms with Crippen molar-refractivity contribution in [3.8, 4) is 17.2 Å². The maximum atomic E-state index is 12.2. The molecule has 1 aromatic carbocycles.